The van der Waals surface area contributed by atoms with E-state index in [1.807, 2.05) is 0 Å². The largest absolute Gasteiger partial charge is 0.394 e. The summed E-state index contributed by atoms with van der Waals surface area (Å²) in [6.07, 6.45) is 0. The summed E-state index contributed by atoms with van der Waals surface area (Å²) in [5.74, 6) is 1.22. The highest BCUT2D eigenvalue weighted by Crippen LogP contribution is 2.23. The maximum Gasteiger partial charge on any atom is 0.202 e. The lowest BCUT2D eigenvalue weighted by molar-refractivity contribution is 0.249. The lowest BCUT2D eigenvalue weighted by atomic mass is 9.96. The van der Waals surface area contributed by atoms with E-state index in [9.17, 15) is 5.11 Å². The van der Waals surface area contributed by atoms with Gasteiger partial charge >= 0.3 is 0 Å². The predicted octanol–water partition coefficient (Wildman–Crippen LogP) is 2.26. The molecule has 0 saturated carbocycles. The Morgan fingerprint density at radius 1 is 1.38 bits per heavy atom. The van der Waals surface area contributed by atoms with Crippen LogP contribution in [0, 0.1) is 5.92 Å². The molecule has 0 aliphatic rings. The lowest BCUT2D eigenvalue weighted by Gasteiger charge is -2.19. The van der Waals surface area contributed by atoms with E-state index in [4.69, 9.17) is 0 Å². The molecule has 0 spiro atoms. The molecular formula is C11H21N3OS. The van der Waals surface area contributed by atoms with E-state index in [-0.39, 0.29) is 18.1 Å². The number of hydrogen-bond acceptors (Lipinski definition) is 5. The normalized spacial score (nSPS) is 14.2. The number of anilines is 1. The highest BCUT2D eigenvalue weighted by Gasteiger charge is 2.21. The first-order valence-electron chi connectivity index (χ1n) is 5.56. The van der Waals surface area contributed by atoms with Crippen LogP contribution in [-0.2, 0) is 5.41 Å². The smallest absolute Gasteiger partial charge is 0.202 e. The molecule has 1 atom stereocenters. The highest BCUT2D eigenvalue weighted by molar-refractivity contribution is 7.09. The average molecular weight is 243 g/mol. The Balaban J connectivity index is 2.72. The molecule has 1 aromatic rings. The third-order valence-electron chi connectivity index (χ3n) is 2.41. The minimum Gasteiger partial charge on any atom is -0.394 e. The molecule has 1 rings (SSSR count). The van der Waals surface area contributed by atoms with Crippen molar-refractivity contribution in [2.45, 2.75) is 46.1 Å². The van der Waals surface area contributed by atoms with Crippen LogP contribution < -0.4 is 5.32 Å². The van der Waals surface area contributed by atoms with Crippen molar-refractivity contribution in [1.82, 2.24) is 9.36 Å². The van der Waals surface area contributed by atoms with Gasteiger partial charge in [-0.15, -0.1) is 0 Å². The van der Waals surface area contributed by atoms with Crippen LogP contribution in [0.3, 0.4) is 0 Å². The molecular weight excluding hydrogens is 222 g/mol. The van der Waals surface area contributed by atoms with Gasteiger partial charge in [0.2, 0.25) is 5.13 Å². The fraction of sp³-hybridized carbons (Fsp3) is 0.818. The minimum atomic E-state index is -0.0248. The first-order valence-corrected chi connectivity index (χ1v) is 6.33. The molecule has 0 fully saturated rings. The zero-order chi connectivity index (χ0) is 12.3. The summed E-state index contributed by atoms with van der Waals surface area (Å²) in [7, 11) is 0. The molecule has 2 N–H and O–H groups in total. The summed E-state index contributed by atoms with van der Waals surface area (Å²) in [5, 5.41) is 13.2. The van der Waals surface area contributed by atoms with Gasteiger partial charge in [0.25, 0.3) is 0 Å². The average Bonchev–Trinajstić information content (AvgIpc) is 2.61. The molecule has 0 amide bonds. The number of nitrogens with one attached hydrogen (secondary N) is 1. The monoisotopic (exact) mass is 243 g/mol. The van der Waals surface area contributed by atoms with Gasteiger partial charge in [0, 0.05) is 16.9 Å². The van der Waals surface area contributed by atoms with Crippen molar-refractivity contribution < 1.29 is 5.11 Å². The molecule has 0 bridgehead atoms. The zero-order valence-corrected chi connectivity index (χ0v) is 11.4. The Hall–Kier alpha value is -0.680. The van der Waals surface area contributed by atoms with Crippen LogP contribution in [0.2, 0.25) is 0 Å². The van der Waals surface area contributed by atoms with Crippen LogP contribution in [0.4, 0.5) is 5.13 Å². The lowest BCUT2D eigenvalue weighted by Crippen LogP contribution is -2.29. The summed E-state index contributed by atoms with van der Waals surface area (Å²) < 4.78 is 4.32. The highest BCUT2D eigenvalue weighted by atomic mass is 32.1. The van der Waals surface area contributed by atoms with E-state index < -0.39 is 0 Å². The summed E-state index contributed by atoms with van der Waals surface area (Å²) >= 11 is 1.35. The van der Waals surface area contributed by atoms with Gasteiger partial charge in [-0.1, -0.05) is 34.6 Å². The minimum absolute atomic E-state index is 0.0248. The van der Waals surface area contributed by atoms with E-state index in [0.717, 1.165) is 11.0 Å². The number of aliphatic hydroxyl groups excluding tert-OH is 1. The Kier molecular flexibility index (Phi) is 4.27. The van der Waals surface area contributed by atoms with E-state index in [2.05, 4.69) is 49.3 Å². The number of aromatic nitrogens is 2. The fourth-order valence-electron chi connectivity index (χ4n) is 1.17. The van der Waals surface area contributed by atoms with Crippen molar-refractivity contribution in [2.24, 2.45) is 5.92 Å². The van der Waals surface area contributed by atoms with Crippen LogP contribution in [0.15, 0.2) is 0 Å². The van der Waals surface area contributed by atoms with Crippen LogP contribution in [0.5, 0.6) is 0 Å². The van der Waals surface area contributed by atoms with E-state index >= 15 is 0 Å². The first-order chi connectivity index (χ1) is 7.34. The molecule has 1 aromatic heterocycles. The second kappa shape index (κ2) is 5.10. The summed E-state index contributed by atoms with van der Waals surface area (Å²) in [5.41, 5.74) is -0.0248. The predicted molar refractivity (Wildman–Crippen MR) is 67.9 cm³/mol. The van der Waals surface area contributed by atoms with Crippen molar-refractivity contribution in [3.8, 4) is 0 Å². The fourth-order valence-corrected chi connectivity index (χ4v) is 1.99. The number of aliphatic hydroxyl groups is 1. The van der Waals surface area contributed by atoms with Gasteiger partial charge in [0.05, 0.1) is 12.6 Å². The second-order valence-corrected chi connectivity index (χ2v) is 6.10. The Bertz CT molecular complexity index is 330. The molecule has 0 saturated heterocycles. The Labute approximate surface area is 101 Å². The molecule has 16 heavy (non-hydrogen) atoms. The van der Waals surface area contributed by atoms with Crippen molar-refractivity contribution in [3.63, 3.8) is 0 Å². The zero-order valence-electron chi connectivity index (χ0n) is 10.6. The molecule has 92 valence electrons. The third-order valence-corrected chi connectivity index (χ3v) is 3.05. The molecule has 0 radical (unpaired) electrons. The summed E-state index contributed by atoms with van der Waals surface area (Å²) in [4.78, 5) is 4.44. The van der Waals surface area contributed by atoms with Crippen LogP contribution >= 0.6 is 11.5 Å². The van der Waals surface area contributed by atoms with Gasteiger partial charge in [-0.05, 0) is 5.92 Å². The van der Waals surface area contributed by atoms with Gasteiger partial charge in [0.1, 0.15) is 5.82 Å². The van der Waals surface area contributed by atoms with Crippen molar-refractivity contribution in [3.05, 3.63) is 5.82 Å². The van der Waals surface area contributed by atoms with E-state index in [1.54, 1.807) is 0 Å². The summed E-state index contributed by atoms with van der Waals surface area (Å²) in [6.45, 7) is 10.5. The third kappa shape index (κ3) is 3.42. The number of hydrogen-bond donors (Lipinski definition) is 2. The van der Waals surface area contributed by atoms with Gasteiger partial charge in [-0.3, -0.25) is 0 Å². The maximum atomic E-state index is 9.22. The first kappa shape index (κ1) is 13.4. The Morgan fingerprint density at radius 2 is 2.00 bits per heavy atom. The number of nitrogens with zero attached hydrogens (tertiary/aromatic N) is 2. The maximum absolute atomic E-state index is 9.22. The van der Waals surface area contributed by atoms with Gasteiger partial charge in [0.15, 0.2) is 0 Å². The summed E-state index contributed by atoms with van der Waals surface area (Å²) in [6, 6.07) is 0.0424. The molecule has 0 aliphatic carbocycles. The molecule has 1 unspecified atom stereocenters. The van der Waals surface area contributed by atoms with Gasteiger partial charge in [-0.2, -0.15) is 4.37 Å². The molecule has 4 nitrogen and oxygen atoms in total. The van der Waals surface area contributed by atoms with Crippen LogP contribution in [0.1, 0.15) is 40.4 Å². The van der Waals surface area contributed by atoms with Crippen molar-refractivity contribution >= 4 is 16.7 Å². The molecule has 0 aliphatic heterocycles. The number of rotatable bonds is 4. The SMILES string of the molecule is CC(C)C(CO)Nc1nc(C(C)(C)C)ns1. The molecule has 0 aromatic carbocycles. The van der Waals surface area contributed by atoms with Crippen LogP contribution in [0.25, 0.3) is 0 Å². The second-order valence-electron chi connectivity index (χ2n) is 5.35. The van der Waals surface area contributed by atoms with Gasteiger partial charge < -0.3 is 10.4 Å². The van der Waals surface area contributed by atoms with Gasteiger partial charge in [-0.25, -0.2) is 4.98 Å². The van der Waals surface area contributed by atoms with Crippen molar-refractivity contribution in [2.75, 3.05) is 11.9 Å². The van der Waals surface area contributed by atoms with E-state index in [0.29, 0.717) is 5.92 Å². The standard InChI is InChI=1S/C11H21N3OS/c1-7(2)8(6-15)12-10-13-9(14-16-10)11(3,4)5/h7-8,15H,6H2,1-5H3,(H,12,13,14). The molecule has 1 heterocycles. The molecule has 5 heteroatoms. The quantitative estimate of drug-likeness (QED) is 0.851. The Morgan fingerprint density at radius 3 is 2.38 bits per heavy atom. The van der Waals surface area contributed by atoms with Crippen LogP contribution in [-0.4, -0.2) is 27.1 Å². The van der Waals surface area contributed by atoms with Crippen molar-refractivity contribution in [1.29, 1.82) is 0 Å². The topological polar surface area (TPSA) is 58.0 Å². The van der Waals surface area contributed by atoms with E-state index in [1.165, 1.54) is 11.5 Å².